The van der Waals surface area contributed by atoms with Gasteiger partial charge in [-0.15, -0.1) is 0 Å². The van der Waals surface area contributed by atoms with Crippen LogP contribution in [0.2, 0.25) is 0 Å². The number of non-ortho nitro benzene ring substituents is 1. The molecule has 0 spiro atoms. The number of sulfonamides is 1. The van der Waals surface area contributed by atoms with Crippen molar-refractivity contribution in [2.24, 2.45) is 5.10 Å². The molecule has 0 saturated heterocycles. The molecule has 0 unspecified atom stereocenters. The largest absolute Gasteiger partial charge is 0.497 e. The van der Waals surface area contributed by atoms with Crippen LogP contribution in [0.5, 0.6) is 11.5 Å². The highest BCUT2D eigenvalue weighted by atomic mass is 32.2. The van der Waals surface area contributed by atoms with Crippen molar-refractivity contribution in [3.8, 4) is 11.5 Å². The van der Waals surface area contributed by atoms with Gasteiger partial charge in [0.05, 0.1) is 35.4 Å². The van der Waals surface area contributed by atoms with Crippen LogP contribution >= 0.6 is 0 Å². The van der Waals surface area contributed by atoms with E-state index in [1.54, 1.807) is 31.2 Å². The fraction of sp³-hybridized carbons (Fsp3) is 0.167. The maximum absolute atomic E-state index is 13.5. The Morgan fingerprint density at radius 1 is 1.03 bits per heavy atom. The van der Waals surface area contributed by atoms with E-state index < -0.39 is 27.4 Å². The summed E-state index contributed by atoms with van der Waals surface area (Å²) in [5.74, 6) is -0.0821. The van der Waals surface area contributed by atoms with Gasteiger partial charge in [0.25, 0.3) is 21.6 Å². The lowest BCUT2D eigenvalue weighted by Gasteiger charge is -2.25. The number of methoxy groups -OCH3 is 2. The van der Waals surface area contributed by atoms with E-state index in [9.17, 15) is 23.3 Å². The number of hydrogen-bond donors (Lipinski definition) is 1. The number of carbonyl (C=O) groups is 1. The highest BCUT2D eigenvalue weighted by Crippen LogP contribution is 2.35. The second-order valence-corrected chi connectivity index (χ2v) is 9.26. The molecule has 0 radical (unpaired) electrons. The Balaban J connectivity index is 1.91. The van der Waals surface area contributed by atoms with Crippen LogP contribution in [-0.4, -0.2) is 45.7 Å². The molecule has 1 amide bonds. The van der Waals surface area contributed by atoms with Crippen LogP contribution in [0, 0.1) is 10.1 Å². The number of nitrogens with one attached hydrogen (secondary N) is 1. The molecule has 0 aromatic heterocycles. The number of hydrazone groups is 1. The molecule has 0 heterocycles. The third-order valence-corrected chi connectivity index (χ3v) is 6.89. The number of nitrogens with zero attached hydrogens (tertiary/aromatic N) is 3. The molecule has 0 aliphatic rings. The van der Waals surface area contributed by atoms with E-state index in [1.807, 2.05) is 0 Å². The number of carbonyl (C=O) groups excluding carboxylic acids is 1. The Kier molecular flexibility index (Phi) is 8.22. The smallest absolute Gasteiger partial charge is 0.269 e. The third kappa shape index (κ3) is 5.96. The monoisotopic (exact) mass is 512 g/mol. The average molecular weight is 513 g/mol. The van der Waals surface area contributed by atoms with E-state index in [2.05, 4.69) is 10.5 Å². The number of benzene rings is 3. The summed E-state index contributed by atoms with van der Waals surface area (Å²) in [7, 11) is -1.32. The van der Waals surface area contributed by atoms with Crippen molar-refractivity contribution in [3.63, 3.8) is 0 Å². The molecule has 0 fully saturated rings. The molecule has 0 bridgehead atoms. The van der Waals surface area contributed by atoms with Gasteiger partial charge in [0.15, 0.2) is 0 Å². The fourth-order valence-electron chi connectivity index (χ4n) is 3.21. The number of rotatable bonds is 10. The van der Waals surface area contributed by atoms with Crippen molar-refractivity contribution in [1.29, 1.82) is 0 Å². The Bertz CT molecular complexity index is 1380. The van der Waals surface area contributed by atoms with Crippen LogP contribution in [0.4, 0.5) is 11.4 Å². The molecule has 11 nitrogen and oxygen atoms in total. The van der Waals surface area contributed by atoms with E-state index in [0.29, 0.717) is 17.0 Å². The second-order valence-electron chi connectivity index (χ2n) is 7.40. The summed E-state index contributed by atoms with van der Waals surface area (Å²) in [4.78, 5) is 23.1. The molecule has 36 heavy (non-hydrogen) atoms. The number of nitro benzene ring substituents is 1. The first-order valence-electron chi connectivity index (χ1n) is 10.5. The third-order valence-electron chi connectivity index (χ3n) is 5.12. The molecule has 0 aliphatic carbocycles. The van der Waals surface area contributed by atoms with Gasteiger partial charge in [-0.25, -0.2) is 13.8 Å². The lowest BCUT2D eigenvalue weighted by molar-refractivity contribution is -0.384. The van der Waals surface area contributed by atoms with Gasteiger partial charge in [-0.2, -0.15) is 5.10 Å². The lowest BCUT2D eigenvalue weighted by atomic mass is 10.1. The van der Waals surface area contributed by atoms with Crippen molar-refractivity contribution >= 4 is 33.0 Å². The van der Waals surface area contributed by atoms with Gasteiger partial charge in [0, 0.05) is 18.2 Å². The molecule has 1 N–H and O–H groups in total. The van der Waals surface area contributed by atoms with Crippen LogP contribution in [0.3, 0.4) is 0 Å². The summed E-state index contributed by atoms with van der Waals surface area (Å²) >= 11 is 0. The highest BCUT2D eigenvalue weighted by molar-refractivity contribution is 7.92. The van der Waals surface area contributed by atoms with Gasteiger partial charge in [-0.05, 0) is 48.9 Å². The quantitative estimate of drug-likeness (QED) is 0.249. The molecule has 3 rings (SSSR count). The summed E-state index contributed by atoms with van der Waals surface area (Å²) in [5.41, 5.74) is 3.32. The minimum Gasteiger partial charge on any atom is -0.497 e. The van der Waals surface area contributed by atoms with E-state index in [4.69, 9.17) is 9.47 Å². The summed E-state index contributed by atoms with van der Waals surface area (Å²) in [6, 6.07) is 17.9. The molecular formula is C24H24N4O7S. The van der Waals surface area contributed by atoms with E-state index in [0.717, 1.165) is 4.31 Å². The number of anilines is 1. The maximum atomic E-state index is 13.5. The van der Waals surface area contributed by atoms with Gasteiger partial charge < -0.3 is 9.47 Å². The minimum absolute atomic E-state index is 0.0127. The van der Waals surface area contributed by atoms with Crippen LogP contribution < -0.4 is 19.2 Å². The standard InChI is InChI=1S/C24H24N4O7S/c1-17(18-9-11-19(12-10-18)28(30)31)25-26-24(29)16-27(36(32,33)21-7-5-4-6-8-21)22-14-13-20(34-2)15-23(22)35-3/h4-15H,16H2,1-3H3,(H,26,29)/b25-17-. The van der Waals surface area contributed by atoms with Gasteiger partial charge in [-0.1, -0.05) is 18.2 Å². The van der Waals surface area contributed by atoms with E-state index >= 15 is 0 Å². The van der Waals surface area contributed by atoms with Crippen LogP contribution in [0.15, 0.2) is 82.8 Å². The summed E-state index contributed by atoms with van der Waals surface area (Å²) in [5, 5.41) is 14.8. The topological polar surface area (TPSA) is 140 Å². The summed E-state index contributed by atoms with van der Waals surface area (Å²) in [6.07, 6.45) is 0. The number of ether oxygens (including phenoxy) is 2. The average Bonchev–Trinajstić information content (AvgIpc) is 2.90. The van der Waals surface area contributed by atoms with E-state index in [-0.39, 0.29) is 22.0 Å². The highest BCUT2D eigenvalue weighted by Gasteiger charge is 2.29. The normalized spacial score (nSPS) is 11.5. The Hall–Kier alpha value is -4.45. The van der Waals surface area contributed by atoms with E-state index in [1.165, 1.54) is 62.8 Å². The molecule has 0 atom stereocenters. The van der Waals surface area contributed by atoms with Crippen molar-refractivity contribution in [1.82, 2.24) is 5.43 Å². The van der Waals surface area contributed by atoms with Crippen LogP contribution in [0.1, 0.15) is 12.5 Å². The van der Waals surface area contributed by atoms with Crippen molar-refractivity contribution in [2.75, 3.05) is 25.1 Å². The lowest BCUT2D eigenvalue weighted by Crippen LogP contribution is -2.40. The SMILES string of the molecule is COc1ccc(N(CC(=O)N/N=C(/C)c2ccc([N+](=O)[O-])cc2)S(=O)(=O)c2ccccc2)c(OC)c1. The summed E-state index contributed by atoms with van der Waals surface area (Å²) < 4.78 is 38.5. The Morgan fingerprint density at radius 2 is 1.69 bits per heavy atom. The predicted octanol–water partition coefficient (Wildman–Crippen LogP) is 3.35. The van der Waals surface area contributed by atoms with Crippen molar-refractivity contribution in [3.05, 3.63) is 88.5 Å². The molecule has 3 aromatic carbocycles. The fourth-order valence-corrected chi connectivity index (χ4v) is 4.66. The zero-order valence-corrected chi connectivity index (χ0v) is 20.6. The molecule has 188 valence electrons. The maximum Gasteiger partial charge on any atom is 0.269 e. The van der Waals surface area contributed by atoms with Crippen LogP contribution in [0.25, 0.3) is 0 Å². The Morgan fingerprint density at radius 3 is 2.28 bits per heavy atom. The van der Waals surface area contributed by atoms with Gasteiger partial charge in [0.1, 0.15) is 18.0 Å². The van der Waals surface area contributed by atoms with Gasteiger partial charge in [0.2, 0.25) is 0 Å². The number of amides is 1. The summed E-state index contributed by atoms with van der Waals surface area (Å²) in [6.45, 7) is 1.00. The molecule has 12 heteroatoms. The zero-order chi connectivity index (χ0) is 26.3. The van der Waals surface area contributed by atoms with Gasteiger partial charge >= 0.3 is 0 Å². The zero-order valence-electron chi connectivity index (χ0n) is 19.7. The number of hydrogen-bond acceptors (Lipinski definition) is 8. The van der Waals surface area contributed by atoms with Crippen molar-refractivity contribution in [2.45, 2.75) is 11.8 Å². The number of nitro groups is 1. The van der Waals surface area contributed by atoms with Crippen molar-refractivity contribution < 1.29 is 27.6 Å². The molecule has 0 aliphatic heterocycles. The molecule has 3 aromatic rings. The predicted molar refractivity (Wildman–Crippen MR) is 134 cm³/mol. The molecule has 0 saturated carbocycles. The molecular weight excluding hydrogens is 488 g/mol. The Labute approximate surface area is 208 Å². The first kappa shape index (κ1) is 26.2. The first-order valence-corrected chi connectivity index (χ1v) is 12.0. The van der Waals surface area contributed by atoms with Crippen LogP contribution in [-0.2, 0) is 14.8 Å². The first-order chi connectivity index (χ1) is 17.2. The second kappa shape index (κ2) is 11.3. The minimum atomic E-state index is -4.17. The van der Waals surface area contributed by atoms with Gasteiger partial charge in [-0.3, -0.25) is 19.2 Å².